The second-order valence-corrected chi connectivity index (χ2v) is 3.62. The number of phenolic OH excluding ortho intramolecular Hbond substituents is 1. The first kappa shape index (κ1) is 13.5. The highest BCUT2D eigenvalue weighted by Crippen LogP contribution is 2.19. The van der Waals surface area contributed by atoms with Gasteiger partial charge in [0.15, 0.2) is 0 Å². The highest BCUT2D eigenvalue weighted by molar-refractivity contribution is 6.12. The normalized spacial score (nSPS) is 10.8. The SMILES string of the molecule is C/C(C=C(C(=O)O)C(=O)O)=C\c1ccccc1O. The van der Waals surface area contributed by atoms with Crippen LogP contribution in [0.3, 0.4) is 0 Å². The Labute approximate surface area is 103 Å². The molecule has 0 spiro atoms. The van der Waals surface area contributed by atoms with Crippen LogP contribution in [0, 0.1) is 0 Å². The van der Waals surface area contributed by atoms with E-state index in [9.17, 15) is 14.7 Å². The van der Waals surface area contributed by atoms with Gasteiger partial charge in [0.2, 0.25) is 0 Å². The van der Waals surface area contributed by atoms with Gasteiger partial charge in [-0.1, -0.05) is 18.2 Å². The summed E-state index contributed by atoms with van der Waals surface area (Å²) in [5.41, 5.74) is 0.178. The molecule has 0 bridgehead atoms. The molecule has 5 heteroatoms. The zero-order valence-electron chi connectivity index (χ0n) is 9.62. The van der Waals surface area contributed by atoms with Crippen molar-refractivity contribution in [2.75, 3.05) is 0 Å². The summed E-state index contributed by atoms with van der Waals surface area (Å²) in [7, 11) is 0. The molecule has 0 fully saturated rings. The van der Waals surface area contributed by atoms with Crippen molar-refractivity contribution in [3.05, 3.63) is 47.1 Å². The number of benzene rings is 1. The molecule has 1 aromatic rings. The van der Waals surface area contributed by atoms with Crippen LogP contribution >= 0.6 is 0 Å². The summed E-state index contributed by atoms with van der Waals surface area (Å²) in [4.78, 5) is 21.3. The van der Waals surface area contributed by atoms with Gasteiger partial charge in [-0.05, 0) is 30.7 Å². The molecule has 0 unspecified atom stereocenters. The summed E-state index contributed by atoms with van der Waals surface area (Å²) < 4.78 is 0. The Bertz CT molecular complexity index is 524. The number of hydrogen-bond acceptors (Lipinski definition) is 3. The lowest BCUT2D eigenvalue weighted by Gasteiger charge is -2.00. The van der Waals surface area contributed by atoms with Crippen molar-refractivity contribution in [3.63, 3.8) is 0 Å². The number of rotatable bonds is 4. The Morgan fingerprint density at radius 3 is 2.17 bits per heavy atom. The van der Waals surface area contributed by atoms with Crippen molar-refractivity contribution in [1.82, 2.24) is 0 Å². The second kappa shape index (κ2) is 5.67. The standard InChI is InChI=1S/C13H12O5/c1-8(7-10(12(15)16)13(17)18)6-9-4-2-3-5-11(9)14/h2-7,14H,1H3,(H,15,16)(H,17,18)/b8-6+. The van der Waals surface area contributed by atoms with Gasteiger partial charge < -0.3 is 15.3 Å². The zero-order valence-corrected chi connectivity index (χ0v) is 9.62. The molecule has 0 saturated heterocycles. The lowest BCUT2D eigenvalue weighted by Crippen LogP contribution is -2.11. The highest BCUT2D eigenvalue weighted by atomic mass is 16.4. The average molecular weight is 248 g/mol. The fraction of sp³-hybridized carbons (Fsp3) is 0.0769. The van der Waals surface area contributed by atoms with E-state index in [1.54, 1.807) is 25.1 Å². The van der Waals surface area contributed by atoms with Crippen LogP contribution < -0.4 is 0 Å². The molecule has 0 saturated carbocycles. The number of aromatic hydroxyl groups is 1. The monoisotopic (exact) mass is 248 g/mol. The zero-order chi connectivity index (χ0) is 13.7. The lowest BCUT2D eigenvalue weighted by molar-refractivity contribution is -0.140. The van der Waals surface area contributed by atoms with Gasteiger partial charge in [-0.3, -0.25) is 0 Å². The largest absolute Gasteiger partial charge is 0.507 e. The van der Waals surface area contributed by atoms with E-state index < -0.39 is 17.5 Å². The van der Waals surface area contributed by atoms with Crippen molar-refractivity contribution in [2.45, 2.75) is 6.92 Å². The van der Waals surface area contributed by atoms with Crippen LogP contribution in [0.4, 0.5) is 0 Å². The minimum Gasteiger partial charge on any atom is -0.507 e. The third-order valence-electron chi connectivity index (χ3n) is 2.15. The van der Waals surface area contributed by atoms with Crippen LogP contribution in [0.2, 0.25) is 0 Å². The van der Waals surface area contributed by atoms with Crippen molar-refractivity contribution in [2.24, 2.45) is 0 Å². The Balaban J connectivity index is 3.11. The molecule has 94 valence electrons. The first-order valence-electron chi connectivity index (χ1n) is 5.06. The van der Waals surface area contributed by atoms with Gasteiger partial charge >= 0.3 is 11.9 Å². The molecule has 0 aliphatic rings. The van der Waals surface area contributed by atoms with Crippen molar-refractivity contribution in [3.8, 4) is 5.75 Å². The molecular weight excluding hydrogens is 236 g/mol. The topological polar surface area (TPSA) is 94.8 Å². The van der Waals surface area contributed by atoms with Gasteiger partial charge in [-0.25, -0.2) is 9.59 Å². The van der Waals surface area contributed by atoms with E-state index in [0.717, 1.165) is 6.08 Å². The molecule has 18 heavy (non-hydrogen) atoms. The second-order valence-electron chi connectivity index (χ2n) is 3.62. The van der Waals surface area contributed by atoms with Gasteiger partial charge in [-0.15, -0.1) is 0 Å². The number of carbonyl (C=O) groups is 2. The third kappa shape index (κ3) is 3.48. The predicted octanol–water partition coefficient (Wildman–Crippen LogP) is 1.89. The van der Waals surface area contributed by atoms with Gasteiger partial charge in [0.05, 0.1) is 0 Å². The van der Waals surface area contributed by atoms with Crippen molar-refractivity contribution in [1.29, 1.82) is 0 Å². The van der Waals surface area contributed by atoms with Crippen LogP contribution in [-0.2, 0) is 9.59 Å². The molecule has 0 amide bonds. The maximum atomic E-state index is 10.7. The lowest BCUT2D eigenvalue weighted by atomic mass is 10.1. The summed E-state index contributed by atoms with van der Waals surface area (Å²) in [6.45, 7) is 1.55. The minimum absolute atomic E-state index is 0.0393. The van der Waals surface area contributed by atoms with Crippen LogP contribution in [0.15, 0.2) is 41.5 Å². The fourth-order valence-electron chi connectivity index (χ4n) is 1.34. The Hall–Kier alpha value is -2.56. The smallest absolute Gasteiger partial charge is 0.343 e. The van der Waals surface area contributed by atoms with E-state index in [1.807, 2.05) is 0 Å². The third-order valence-corrected chi connectivity index (χ3v) is 2.15. The number of carboxylic acids is 2. The minimum atomic E-state index is -1.51. The quantitative estimate of drug-likeness (QED) is 0.327. The number of allylic oxidation sites excluding steroid dienone is 2. The van der Waals surface area contributed by atoms with E-state index in [1.165, 1.54) is 12.1 Å². The molecule has 3 N–H and O–H groups in total. The predicted molar refractivity (Wildman–Crippen MR) is 65.1 cm³/mol. The van der Waals surface area contributed by atoms with Gasteiger partial charge in [0, 0.05) is 5.56 Å². The molecule has 0 atom stereocenters. The molecule has 1 aromatic carbocycles. The van der Waals surface area contributed by atoms with Crippen molar-refractivity contribution >= 4 is 18.0 Å². The van der Waals surface area contributed by atoms with E-state index in [0.29, 0.717) is 11.1 Å². The number of para-hydroxylation sites is 1. The van der Waals surface area contributed by atoms with E-state index in [2.05, 4.69) is 0 Å². The van der Waals surface area contributed by atoms with Crippen LogP contribution in [0.5, 0.6) is 5.75 Å². The molecule has 0 aromatic heterocycles. The first-order valence-corrected chi connectivity index (χ1v) is 5.06. The number of aliphatic carboxylic acids is 2. The van der Waals surface area contributed by atoms with Crippen LogP contribution in [0.25, 0.3) is 6.08 Å². The summed E-state index contributed by atoms with van der Waals surface area (Å²) in [6, 6.07) is 6.47. The number of phenols is 1. The molecule has 0 heterocycles. The van der Waals surface area contributed by atoms with Crippen LogP contribution in [0.1, 0.15) is 12.5 Å². The van der Waals surface area contributed by atoms with E-state index in [-0.39, 0.29) is 5.75 Å². The number of hydrogen-bond donors (Lipinski definition) is 3. The Kier molecular flexibility index (Phi) is 4.26. The highest BCUT2D eigenvalue weighted by Gasteiger charge is 2.15. The number of carboxylic acid groups (broad SMARTS) is 2. The van der Waals surface area contributed by atoms with Gasteiger partial charge in [0.25, 0.3) is 0 Å². The summed E-state index contributed by atoms with van der Waals surface area (Å²) >= 11 is 0. The van der Waals surface area contributed by atoms with Crippen LogP contribution in [-0.4, -0.2) is 27.3 Å². The van der Waals surface area contributed by atoms with Crippen molar-refractivity contribution < 1.29 is 24.9 Å². The summed E-state index contributed by atoms with van der Waals surface area (Å²) in [6.07, 6.45) is 2.54. The van der Waals surface area contributed by atoms with E-state index in [4.69, 9.17) is 10.2 Å². The maximum absolute atomic E-state index is 10.7. The molecule has 0 aliphatic carbocycles. The molecule has 0 aliphatic heterocycles. The van der Waals surface area contributed by atoms with Gasteiger partial charge in [0.1, 0.15) is 11.3 Å². The Morgan fingerprint density at radius 2 is 1.67 bits per heavy atom. The first-order chi connectivity index (χ1) is 8.41. The average Bonchev–Trinajstić information content (AvgIpc) is 2.28. The molecule has 1 rings (SSSR count). The summed E-state index contributed by atoms with van der Waals surface area (Å²) in [5, 5.41) is 26.9. The van der Waals surface area contributed by atoms with Gasteiger partial charge in [-0.2, -0.15) is 0 Å². The fourth-order valence-corrected chi connectivity index (χ4v) is 1.34. The molecular formula is C13H12O5. The molecule has 0 radical (unpaired) electrons. The maximum Gasteiger partial charge on any atom is 0.343 e. The molecule has 5 nitrogen and oxygen atoms in total. The summed E-state index contributed by atoms with van der Waals surface area (Å²) in [5.74, 6) is -2.97. The van der Waals surface area contributed by atoms with E-state index >= 15 is 0 Å². The Morgan fingerprint density at radius 1 is 1.11 bits per heavy atom.